The summed E-state index contributed by atoms with van der Waals surface area (Å²) in [5, 5.41) is 12.0. The van der Waals surface area contributed by atoms with Crippen LogP contribution in [0, 0.1) is 13.8 Å². The molecule has 0 fully saturated rings. The molecule has 30 heavy (non-hydrogen) atoms. The highest BCUT2D eigenvalue weighted by Crippen LogP contribution is 2.19. The molecular formula is C24H29N5O. The second-order valence-corrected chi connectivity index (χ2v) is 6.09. The SMILES string of the molecule is CC.CC.Cc1ccccc1-n1nnc(C(=O)Nc2cnc3ccccc3c2)c1C. The van der Waals surface area contributed by atoms with E-state index in [4.69, 9.17) is 0 Å². The lowest BCUT2D eigenvalue weighted by molar-refractivity contribution is 0.102. The fraction of sp³-hybridized carbons (Fsp3) is 0.250. The lowest BCUT2D eigenvalue weighted by Crippen LogP contribution is -2.14. The van der Waals surface area contributed by atoms with Crippen LogP contribution in [-0.4, -0.2) is 25.9 Å². The molecule has 2 aromatic heterocycles. The number of hydrogen-bond acceptors (Lipinski definition) is 4. The van der Waals surface area contributed by atoms with Crippen molar-refractivity contribution in [3.63, 3.8) is 0 Å². The number of hydrogen-bond donors (Lipinski definition) is 1. The molecule has 0 saturated heterocycles. The molecule has 0 bridgehead atoms. The zero-order valence-electron chi connectivity index (χ0n) is 18.5. The first kappa shape index (κ1) is 22.7. The van der Waals surface area contributed by atoms with Crippen molar-refractivity contribution in [3.05, 3.63) is 77.7 Å². The van der Waals surface area contributed by atoms with Crippen molar-refractivity contribution in [2.45, 2.75) is 41.5 Å². The first-order valence-electron chi connectivity index (χ1n) is 10.3. The van der Waals surface area contributed by atoms with Crippen LogP contribution in [0.2, 0.25) is 0 Å². The van der Waals surface area contributed by atoms with Gasteiger partial charge in [0.15, 0.2) is 5.69 Å². The number of benzene rings is 2. The van der Waals surface area contributed by atoms with Crippen molar-refractivity contribution in [1.82, 2.24) is 20.0 Å². The standard InChI is InChI=1S/C20H17N5O.2C2H6/c1-13-7-3-6-10-18(13)25-14(2)19(23-24-25)20(26)22-16-11-15-8-4-5-9-17(15)21-12-16;2*1-2/h3-12H,1-2H3,(H,22,26);2*1-2H3. The highest BCUT2D eigenvalue weighted by Gasteiger charge is 2.18. The van der Waals surface area contributed by atoms with Gasteiger partial charge >= 0.3 is 0 Å². The largest absolute Gasteiger partial charge is 0.319 e. The number of rotatable bonds is 3. The third kappa shape index (κ3) is 4.89. The van der Waals surface area contributed by atoms with E-state index < -0.39 is 0 Å². The Hall–Kier alpha value is -3.54. The number of pyridine rings is 1. The van der Waals surface area contributed by atoms with Gasteiger partial charge in [-0.25, -0.2) is 4.68 Å². The van der Waals surface area contributed by atoms with Gasteiger partial charge < -0.3 is 5.32 Å². The Morgan fingerprint density at radius 1 is 0.933 bits per heavy atom. The molecule has 2 aromatic carbocycles. The number of amides is 1. The predicted molar refractivity (Wildman–Crippen MR) is 123 cm³/mol. The van der Waals surface area contributed by atoms with E-state index in [1.165, 1.54) is 0 Å². The quantitative estimate of drug-likeness (QED) is 0.474. The molecular weight excluding hydrogens is 374 g/mol. The normalized spacial score (nSPS) is 9.80. The second kappa shape index (κ2) is 10.9. The van der Waals surface area contributed by atoms with Gasteiger partial charge in [-0.05, 0) is 37.6 Å². The van der Waals surface area contributed by atoms with Gasteiger partial charge in [-0.2, -0.15) is 0 Å². The van der Waals surface area contributed by atoms with Gasteiger partial charge in [-0.1, -0.05) is 69.3 Å². The van der Waals surface area contributed by atoms with Gasteiger partial charge in [0.25, 0.3) is 5.91 Å². The third-order valence-electron chi connectivity index (χ3n) is 4.30. The highest BCUT2D eigenvalue weighted by atomic mass is 16.2. The van der Waals surface area contributed by atoms with Crippen LogP contribution in [0.1, 0.15) is 49.4 Å². The lowest BCUT2D eigenvalue weighted by atomic mass is 10.2. The average Bonchev–Trinajstić information content (AvgIpc) is 3.18. The lowest BCUT2D eigenvalue weighted by Gasteiger charge is -2.07. The minimum Gasteiger partial charge on any atom is -0.319 e. The maximum Gasteiger partial charge on any atom is 0.278 e. The van der Waals surface area contributed by atoms with Gasteiger partial charge in [0.1, 0.15) is 0 Å². The summed E-state index contributed by atoms with van der Waals surface area (Å²) in [6, 6.07) is 17.5. The van der Waals surface area contributed by atoms with Crippen molar-refractivity contribution >= 4 is 22.5 Å². The Kier molecular flexibility index (Phi) is 8.23. The Labute approximate surface area is 178 Å². The maximum absolute atomic E-state index is 12.6. The second-order valence-electron chi connectivity index (χ2n) is 6.09. The summed E-state index contributed by atoms with van der Waals surface area (Å²) in [6.45, 7) is 11.8. The molecule has 0 aliphatic carbocycles. The van der Waals surface area contributed by atoms with E-state index in [2.05, 4.69) is 20.6 Å². The molecule has 156 valence electrons. The molecule has 0 atom stereocenters. The Morgan fingerprint density at radius 2 is 1.60 bits per heavy atom. The van der Waals surface area contributed by atoms with Gasteiger partial charge in [0.05, 0.1) is 28.8 Å². The van der Waals surface area contributed by atoms with Gasteiger partial charge in [-0.15, -0.1) is 5.10 Å². The molecule has 0 unspecified atom stereocenters. The summed E-state index contributed by atoms with van der Waals surface area (Å²) in [5.74, 6) is -0.306. The monoisotopic (exact) mass is 403 g/mol. The van der Waals surface area contributed by atoms with Crippen molar-refractivity contribution < 1.29 is 4.79 Å². The Morgan fingerprint density at radius 3 is 2.33 bits per heavy atom. The van der Waals surface area contributed by atoms with Crippen LogP contribution in [0.4, 0.5) is 5.69 Å². The molecule has 1 N–H and O–H groups in total. The van der Waals surface area contributed by atoms with E-state index in [1.807, 2.05) is 96.1 Å². The molecule has 1 amide bonds. The number of aromatic nitrogens is 4. The fourth-order valence-electron chi connectivity index (χ4n) is 2.90. The number of carbonyl (C=O) groups is 1. The summed E-state index contributed by atoms with van der Waals surface area (Å²) < 4.78 is 1.68. The van der Waals surface area contributed by atoms with Crippen LogP contribution in [0.15, 0.2) is 60.8 Å². The summed E-state index contributed by atoms with van der Waals surface area (Å²) in [5.41, 5.74) is 4.45. The minimum absolute atomic E-state index is 0.293. The summed E-state index contributed by atoms with van der Waals surface area (Å²) >= 11 is 0. The van der Waals surface area contributed by atoms with Crippen molar-refractivity contribution in [3.8, 4) is 5.69 Å². The Bertz CT molecular complexity index is 1120. The highest BCUT2D eigenvalue weighted by molar-refractivity contribution is 6.04. The first-order chi connectivity index (χ1) is 14.6. The molecule has 0 aliphatic rings. The number of carbonyl (C=O) groups excluding carboxylic acids is 1. The van der Waals surface area contributed by atoms with Crippen LogP contribution >= 0.6 is 0 Å². The number of nitrogens with zero attached hydrogens (tertiary/aromatic N) is 4. The molecule has 0 spiro atoms. The van der Waals surface area contributed by atoms with Crippen LogP contribution < -0.4 is 5.32 Å². The molecule has 0 saturated carbocycles. The number of fused-ring (bicyclic) bond motifs is 1. The van der Waals surface area contributed by atoms with Crippen molar-refractivity contribution in [1.29, 1.82) is 0 Å². The zero-order valence-corrected chi connectivity index (χ0v) is 18.5. The average molecular weight is 404 g/mol. The van der Waals surface area contributed by atoms with E-state index >= 15 is 0 Å². The predicted octanol–water partition coefficient (Wildman–Crippen LogP) is 5.74. The molecule has 2 heterocycles. The van der Waals surface area contributed by atoms with Crippen LogP contribution in [0.5, 0.6) is 0 Å². The smallest absolute Gasteiger partial charge is 0.278 e. The number of anilines is 1. The first-order valence-corrected chi connectivity index (χ1v) is 10.3. The molecule has 6 heteroatoms. The van der Waals surface area contributed by atoms with E-state index in [1.54, 1.807) is 10.9 Å². The van der Waals surface area contributed by atoms with E-state index in [0.29, 0.717) is 17.1 Å². The molecule has 4 aromatic rings. The number of aryl methyl sites for hydroxylation is 1. The van der Waals surface area contributed by atoms with E-state index in [9.17, 15) is 4.79 Å². The van der Waals surface area contributed by atoms with E-state index in [0.717, 1.165) is 22.2 Å². The summed E-state index contributed by atoms with van der Waals surface area (Å²) in [6.07, 6.45) is 1.64. The third-order valence-corrected chi connectivity index (χ3v) is 4.30. The number of para-hydroxylation sites is 2. The molecule has 0 aliphatic heterocycles. The van der Waals surface area contributed by atoms with E-state index in [-0.39, 0.29) is 5.91 Å². The van der Waals surface area contributed by atoms with Crippen molar-refractivity contribution in [2.75, 3.05) is 5.32 Å². The maximum atomic E-state index is 12.6. The topological polar surface area (TPSA) is 72.7 Å². The number of nitrogens with one attached hydrogen (secondary N) is 1. The van der Waals surface area contributed by atoms with Crippen LogP contribution in [0.25, 0.3) is 16.6 Å². The minimum atomic E-state index is -0.306. The summed E-state index contributed by atoms with van der Waals surface area (Å²) in [4.78, 5) is 17.0. The van der Waals surface area contributed by atoms with Crippen molar-refractivity contribution in [2.24, 2.45) is 0 Å². The van der Waals surface area contributed by atoms with Crippen LogP contribution in [-0.2, 0) is 0 Å². The van der Waals surface area contributed by atoms with Gasteiger partial charge in [0, 0.05) is 5.39 Å². The molecule has 4 rings (SSSR count). The molecule has 0 radical (unpaired) electrons. The summed E-state index contributed by atoms with van der Waals surface area (Å²) in [7, 11) is 0. The fourth-order valence-corrected chi connectivity index (χ4v) is 2.90. The Balaban J connectivity index is 0.000000757. The van der Waals surface area contributed by atoms with Crippen LogP contribution in [0.3, 0.4) is 0 Å². The zero-order chi connectivity index (χ0) is 22.1. The van der Waals surface area contributed by atoms with Gasteiger partial charge in [0.2, 0.25) is 0 Å². The van der Waals surface area contributed by atoms with Gasteiger partial charge in [-0.3, -0.25) is 9.78 Å². The molecule has 6 nitrogen and oxygen atoms in total.